The molecule has 0 unspecified atom stereocenters. The average molecular weight is 292 g/mol. The number of rotatable bonds is 3. The van der Waals surface area contributed by atoms with Gasteiger partial charge in [-0.05, 0) is 17.5 Å². The maximum absolute atomic E-state index is 11.8. The Hall–Kier alpha value is -1.90. The number of fused-ring (bicyclic) bond motifs is 1. The average Bonchev–Trinajstić information content (AvgIpc) is 2.96. The molecule has 0 aromatic heterocycles. The van der Waals surface area contributed by atoms with Crippen molar-refractivity contribution in [3.8, 4) is 0 Å². The van der Waals surface area contributed by atoms with Crippen LogP contribution in [0.1, 0.15) is 23.5 Å². The Bertz CT molecular complexity index is 694. The minimum absolute atomic E-state index is 0.0230. The topological polar surface area (TPSA) is 29.5 Å². The highest BCUT2D eigenvalue weighted by molar-refractivity contribution is 5.47. The fraction of sp³-hybridized carbons (Fsp3) is 0.300. The Labute approximate surface area is 131 Å². The van der Waals surface area contributed by atoms with Gasteiger partial charge in [-0.1, -0.05) is 72.8 Å². The van der Waals surface area contributed by atoms with Crippen LogP contribution in [0.4, 0.5) is 0 Å². The van der Waals surface area contributed by atoms with Crippen molar-refractivity contribution in [2.24, 2.45) is 5.92 Å². The van der Waals surface area contributed by atoms with Crippen LogP contribution in [0.3, 0.4) is 0 Å². The molecule has 1 saturated carbocycles. The van der Waals surface area contributed by atoms with Crippen LogP contribution in [-0.2, 0) is 10.3 Å². The molecule has 2 heteroatoms. The van der Waals surface area contributed by atoms with Gasteiger partial charge in [0.1, 0.15) is 11.2 Å². The summed E-state index contributed by atoms with van der Waals surface area (Å²) in [6.45, 7) is 0. The van der Waals surface area contributed by atoms with Gasteiger partial charge >= 0.3 is 0 Å². The molecule has 112 valence electrons. The van der Waals surface area contributed by atoms with Gasteiger partial charge in [0.05, 0.1) is 0 Å². The van der Waals surface area contributed by atoms with E-state index in [1.54, 1.807) is 7.11 Å². The van der Waals surface area contributed by atoms with Crippen molar-refractivity contribution in [1.82, 2.24) is 0 Å². The molecule has 2 aliphatic rings. The van der Waals surface area contributed by atoms with Crippen molar-refractivity contribution < 1.29 is 9.84 Å². The predicted octanol–water partition coefficient (Wildman–Crippen LogP) is 3.63. The van der Waals surface area contributed by atoms with Gasteiger partial charge < -0.3 is 9.84 Å². The molecule has 0 radical (unpaired) electrons. The fourth-order valence-corrected chi connectivity index (χ4v) is 4.50. The van der Waals surface area contributed by atoms with E-state index < -0.39 is 11.2 Å². The first-order valence-corrected chi connectivity index (χ1v) is 7.79. The minimum atomic E-state index is -1.00. The molecule has 0 saturated heterocycles. The molecule has 1 N–H and O–H groups in total. The van der Waals surface area contributed by atoms with Crippen LogP contribution in [0.15, 0.2) is 72.8 Å². The maximum atomic E-state index is 11.8. The summed E-state index contributed by atoms with van der Waals surface area (Å²) in [5, 5.41) is 11.8. The zero-order valence-corrected chi connectivity index (χ0v) is 12.6. The van der Waals surface area contributed by atoms with Gasteiger partial charge in [-0.3, -0.25) is 0 Å². The Balaban J connectivity index is 1.88. The van der Waals surface area contributed by atoms with E-state index in [9.17, 15) is 5.11 Å². The lowest BCUT2D eigenvalue weighted by atomic mass is 9.47. The molecule has 0 amide bonds. The number of hydrogen-bond donors (Lipinski definition) is 1. The number of benzene rings is 2. The van der Waals surface area contributed by atoms with Crippen LogP contribution in [0.5, 0.6) is 0 Å². The SMILES string of the molecule is CO[C@]12CC=C[C@H]1[C@H](c1ccccc1)[C@]2(O)c1ccccc1. The first-order chi connectivity index (χ1) is 10.7. The fourth-order valence-electron chi connectivity index (χ4n) is 4.50. The van der Waals surface area contributed by atoms with E-state index in [-0.39, 0.29) is 11.8 Å². The van der Waals surface area contributed by atoms with Crippen LogP contribution in [0.2, 0.25) is 0 Å². The molecule has 1 fully saturated rings. The van der Waals surface area contributed by atoms with E-state index in [1.165, 1.54) is 0 Å². The molecule has 4 rings (SSSR count). The number of ether oxygens (including phenoxy) is 1. The van der Waals surface area contributed by atoms with Crippen LogP contribution >= 0.6 is 0 Å². The summed E-state index contributed by atoms with van der Waals surface area (Å²) in [5.74, 6) is 0.236. The normalized spacial score (nSPS) is 35.9. The first kappa shape index (κ1) is 13.7. The van der Waals surface area contributed by atoms with Crippen molar-refractivity contribution in [1.29, 1.82) is 0 Å². The Morgan fingerprint density at radius 1 is 1.00 bits per heavy atom. The second-order valence-corrected chi connectivity index (χ2v) is 6.27. The quantitative estimate of drug-likeness (QED) is 0.875. The molecular formula is C20H20O2. The highest BCUT2D eigenvalue weighted by atomic mass is 16.5. The van der Waals surface area contributed by atoms with Gasteiger partial charge in [0.15, 0.2) is 0 Å². The monoisotopic (exact) mass is 292 g/mol. The van der Waals surface area contributed by atoms with E-state index in [1.807, 2.05) is 48.5 Å². The van der Waals surface area contributed by atoms with Gasteiger partial charge in [-0.15, -0.1) is 0 Å². The lowest BCUT2D eigenvalue weighted by molar-refractivity contribution is -0.279. The predicted molar refractivity (Wildman–Crippen MR) is 86.5 cm³/mol. The van der Waals surface area contributed by atoms with Gasteiger partial charge in [0, 0.05) is 18.9 Å². The highest BCUT2D eigenvalue weighted by Crippen LogP contribution is 2.68. The zero-order valence-electron chi connectivity index (χ0n) is 12.6. The third kappa shape index (κ3) is 1.52. The van der Waals surface area contributed by atoms with E-state index in [2.05, 4.69) is 24.3 Å². The summed E-state index contributed by atoms with van der Waals surface area (Å²) in [7, 11) is 1.72. The molecule has 2 aromatic rings. The van der Waals surface area contributed by atoms with E-state index >= 15 is 0 Å². The summed E-state index contributed by atoms with van der Waals surface area (Å²) in [4.78, 5) is 0. The van der Waals surface area contributed by atoms with Crippen molar-refractivity contribution in [2.75, 3.05) is 7.11 Å². The molecule has 22 heavy (non-hydrogen) atoms. The summed E-state index contributed by atoms with van der Waals surface area (Å²) in [6, 6.07) is 20.2. The van der Waals surface area contributed by atoms with Gasteiger partial charge in [0.25, 0.3) is 0 Å². The van der Waals surface area contributed by atoms with Gasteiger partial charge in [0.2, 0.25) is 0 Å². The number of hydrogen-bond acceptors (Lipinski definition) is 2. The van der Waals surface area contributed by atoms with Crippen LogP contribution in [0.25, 0.3) is 0 Å². The molecule has 4 atom stereocenters. The third-order valence-corrected chi connectivity index (χ3v) is 5.49. The lowest BCUT2D eigenvalue weighted by Gasteiger charge is -2.63. The third-order valence-electron chi connectivity index (χ3n) is 5.49. The zero-order chi connectivity index (χ0) is 15.2. The highest BCUT2D eigenvalue weighted by Gasteiger charge is 2.73. The number of methoxy groups -OCH3 is 1. The van der Waals surface area contributed by atoms with Crippen molar-refractivity contribution in [3.63, 3.8) is 0 Å². The smallest absolute Gasteiger partial charge is 0.127 e. The molecule has 0 aliphatic heterocycles. The van der Waals surface area contributed by atoms with Crippen LogP contribution in [-0.4, -0.2) is 17.8 Å². The Morgan fingerprint density at radius 3 is 2.27 bits per heavy atom. The molecular weight excluding hydrogens is 272 g/mol. The van der Waals surface area contributed by atoms with Crippen LogP contribution in [0, 0.1) is 5.92 Å². The Morgan fingerprint density at radius 2 is 1.64 bits per heavy atom. The molecule has 2 nitrogen and oxygen atoms in total. The summed E-state index contributed by atoms with van der Waals surface area (Å²) < 4.78 is 5.91. The molecule has 2 aliphatic carbocycles. The summed E-state index contributed by atoms with van der Waals surface area (Å²) in [5.41, 5.74) is 0.552. The minimum Gasteiger partial charge on any atom is -0.381 e. The molecule has 0 bridgehead atoms. The van der Waals surface area contributed by atoms with E-state index in [4.69, 9.17) is 4.74 Å². The second kappa shape index (κ2) is 4.80. The molecule has 2 aromatic carbocycles. The summed E-state index contributed by atoms with van der Waals surface area (Å²) in [6.07, 6.45) is 5.10. The molecule has 0 heterocycles. The van der Waals surface area contributed by atoms with Crippen molar-refractivity contribution in [2.45, 2.75) is 23.5 Å². The van der Waals surface area contributed by atoms with Crippen LogP contribution < -0.4 is 0 Å². The maximum Gasteiger partial charge on any atom is 0.127 e. The first-order valence-electron chi connectivity index (χ1n) is 7.79. The summed E-state index contributed by atoms with van der Waals surface area (Å²) >= 11 is 0. The van der Waals surface area contributed by atoms with Gasteiger partial charge in [-0.2, -0.15) is 0 Å². The van der Waals surface area contributed by atoms with Gasteiger partial charge in [-0.25, -0.2) is 0 Å². The molecule has 0 spiro atoms. The van der Waals surface area contributed by atoms with E-state index in [0.29, 0.717) is 0 Å². The number of aliphatic hydroxyl groups is 1. The van der Waals surface area contributed by atoms with E-state index in [0.717, 1.165) is 17.5 Å². The lowest BCUT2D eigenvalue weighted by Crippen LogP contribution is -2.70. The van der Waals surface area contributed by atoms with Crippen molar-refractivity contribution >= 4 is 0 Å². The largest absolute Gasteiger partial charge is 0.381 e. The van der Waals surface area contributed by atoms with Crippen molar-refractivity contribution in [3.05, 3.63) is 83.9 Å². The standard InChI is InChI=1S/C20H20O2/c1-22-19-14-8-13-17(19)18(15-9-4-2-5-10-15)20(19,21)16-11-6-3-7-12-16/h2-13,17-18,21H,14H2,1H3/t17-,18-,19+,20+/m0/s1. The second-order valence-electron chi connectivity index (χ2n) is 6.27. The Kier molecular flexibility index (Phi) is 3.00.